The van der Waals surface area contributed by atoms with Crippen LogP contribution in [0.5, 0.6) is 0 Å². The SMILES string of the molecule is O=C(O)C1COCCN1C(=O)C=Cc1c(Cl)nc2ccccn12. The van der Waals surface area contributed by atoms with E-state index in [-0.39, 0.29) is 18.3 Å². The van der Waals surface area contributed by atoms with Gasteiger partial charge in [-0.15, -0.1) is 0 Å². The highest BCUT2D eigenvalue weighted by Crippen LogP contribution is 2.19. The molecule has 1 unspecified atom stereocenters. The molecule has 7 nitrogen and oxygen atoms in total. The van der Waals surface area contributed by atoms with Crippen LogP contribution in [0.2, 0.25) is 5.15 Å². The maximum Gasteiger partial charge on any atom is 0.328 e. The summed E-state index contributed by atoms with van der Waals surface area (Å²) >= 11 is 6.09. The molecule has 0 bridgehead atoms. The molecule has 120 valence electrons. The van der Waals surface area contributed by atoms with Crippen molar-refractivity contribution in [1.82, 2.24) is 14.3 Å². The second-order valence-corrected chi connectivity index (χ2v) is 5.37. The predicted octanol–water partition coefficient (Wildman–Crippen LogP) is 1.31. The summed E-state index contributed by atoms with van der Waals surface area (Å²) in [5.74, 6) is -1.48. The average Bonchev–Trinajstić information content (AvgIpc) is 2.88. The second-order valence-electron chi connectivity index (χ2n) is 5.01. The van der Waals surface area contributed by atoms with Gasteiger partial charge in [0.15, 0.2) is 11.2 Å². The minimum atomic E-state index is -1.08. The largest absolute Gasteiger partial charge is 0.480 e. The summed E-state index contributed by atoms with van der Waals surface area (Å²) in [4.78, 5) is 29.0. The van der Waals surface area contributed by atoms with E-state index in [1.807, 2.05) is 12.1 Å². The van der Waals surface area contributed by atoms with Gasteiger partial charge < -0.3 is 14.7 Å². The number of aliphatic carboxylic acids is 1. The Bertz CT molecular complexity index is 786. The highest BCUT2D eigenvalue weighted by atomic mass is 35.5. The zero-order valence-electron chi connectivity index (χ0n) is 12.1. The topological polar surface area (TPSA) is 84.1 Å². The number of pyridine rings is 1. The number of carbonyl (C=O) groups excluding carboxylic acids is 1. The van der Waals surface area contributed by atoms with Gasteiger partial charge in [0, 0.05) is 18.8 Å². The van der Waals surface area contributed by atoms with Crippen LogP contribution < -0.4 is 0 Å². The molecule has 1 aliphatic rings. The van der Waals surface area contributed by atoms with Crippen molar-refractivity contribution in [2.45, 2.75) is 6.04 Å². The Morgan fingerprint density at radius 1 is 1.43 bits per heavy atom. The Morgan fingerprint density at radius 3 is 3.04 bits per heavy atom. The maximum atomic E-state index is 12.3. The molecule has 2 aromatic rings. The monoisotopic (exact) mass is 335 g/mol. The van der Waals surface area contributed by atoms with E-state index in [0.29, 0.717) is 17.9 Å². The molecule has 0 spiro atoms. The van der Waals surface area contributed by atoms with E-state index in [2.05, 4.69) is 4.98 Å². The summed E-state index contributed by atoms with van der Waals surface area (Å²) in [5, 5.41) is 9.44. The van der Waals surface area contributed by atoms with Crippen LogP contribution >= 0.6 is 11.6 Å². The van der Waals surface area contributed by atoms with E-state index in [9.17, 15) is 9.59 Å². The number of carboxylic acids is 1. The Labute approximate surface area is 136 Å². The van der Waals surface area contributed by atoms with Crippen molar-refractivity contribution in [2.75, 3.05) is 19.8 Å². The zero-order valence-corrected chi connectivity index (χ0v) is 12.8. The molecule has 2 aromatic heterocycles. The number of carbonyl (C=O) groups is 2. The predicted molar refractivity (Wildman–Crippen MR) is 83.2 cm³/mol. The number of fused-ring (bicyclic) bond motifs is 1. The molecular formula is C15H14ClN3O4. The van der Waals surface area contributed by atoms with Crippen LogP contribution in [0.1, 0.15) is 5.69 Å². The van der Waals surface area contributed by atoms with Gasteiger partial charge in [-0.25, -0.2) is 9.78 Å². The van der Waals surface area contributed by atoms with Crippen molar-refractivity contribution in [3.63, 3.8) is 0 Å². The van der Waals surface area contributed by atoms with Crippen LogP contribution in [-0.4, -0.2) is 57.1 Å². The number of hydrogen-bond donors (Lipinski definition) is 1. The molecule has 23 heavy (non-hydrogen) atoms. The number of ether oxygens (including phenoxy) is 1. The first-order valence-corrected chi connectivity index (χ1v) is 7.37. The normalized spacial score (nSPS) is 18.7. The third-order valence-electron chi connectivity index (χ3n) is 3.60. The van der Waals surface area contributed by atoms with Crippen LogP contribution in [0.15, 0.2) is 30.5 Å². The first kappa shape index (κ1) is 15.5. The number of hydrogen-bond acceptors (Lipinski definition) is 4. The molecule has 3 heterocycles. The number of nitrogens with zero attached hydrogens (tertiary/aromatic N) is 3. The summed E-state index contributed by atoms with van der Waals surface area (Å²) < 4.78 is 6.87. The van der Waals surface area contributed by atoms with E-state index >= 15 is 0 Å². The van der Waals surface area contributed by atoms with Gasteiger partial charge in [0.2, 0.25) is 5.91 Å². The van der Waals surface area contributed by atoms with Crippen LogP contribution in [0, 0.1) is 0 Å². The van der Waals surface area contributed by atoms with E-state index in [4.69, 9.17) is 21.4 Å². The first-order valence-electron chi connectivity index (χ1n) is 7.00. The van der Waals surface area contributed by atoms with Crippen LogP contribution in [0.25, 0.3) is 11.7 Å². The highest BCUT2D eigenvalue weighted by molar-refractivity contribution is 6.31. The molecule has 1 atom stereocenters. The summed E-state index contributed by atoms with van der Waals surface area (Å²) in [6.45, 7) is 0.548. The van der Waals surface area contributed by atoms with E-state index < -0.39 is 17.9 Å². The highest BCUT2D eigenvalue weighted by Gasteiger charge is 2.31. The fourth-order valence-corrected chi connectivity index (χ4v) is 2.69. The van der Waals surface area contributed by atoms with Gasteiger partial charge in [0.05, 0.1) is 18.9 Å². The summed E-state index contributed by atoms with van der Waals surface area (Å²) in [6.07, 6.45) is 4.63. The van der Waals surface area contributed by atoms with Gasteiger partial charge in [-0.2, -0.15) is 0 Å². The standard InChI is InChI=1S/C15H14ClN3O4/c16-14-10(18-6-2-1-3-12(18)17-14)4-5-13(20)19-7-8-23-9-11(19)15(21)22/h1-6,11H,7-9H2,(H,21,22). The molecule has 1 N–H and O–H groups in total. The van der Waals surface area contributed by atoms with Crippen molar-refractivity contribution in [1.29, 1.82) is 0 Å². The smallest absolute Gasteiger partial charge is 0.328 e. The molecule has 3 rings (SSSR count). The Morgan fingerprint density at radius 2 is 2.26 bits per heavy atom. The summed E-state index contributed by atoms with van der Waals surface area (Å²) in [7, 11) is 0. The molecular weight excluding hydrogens is 322 g/mol. The molecule has 1 amide bonds. The molecule has 1 fully saturated rings. The third-order valence-corrected chi connectivity index (χ3v) is 3.88. The zero-order chi connectivity index (χ0) is 16.4. The Balaban J connectivity index is 1.85. The lowest BCUT2D eigenvalue weighted by atomic mass is 10.2. The van der Waals surface area contributed by atoms with Gasteiger partial charge in [-0.05, 0) is 18.2 Å². The number of imidazole rings is 1. The van der Waals surface area contributed by atoms with Gasteiger partial charge in [-0.1, -0.05) is 17.7 Å². The van der Waals surface area contributed by atoms with E-state index in [0.717, 1.165) is 0 Å². The molecule has 0 radical (unpaired) electrons. The molecule has 0 saturated carbocycles. The molecule has 8 heteroatoms. The van der Waals surface area contributed by atoms with Gasteiger partial charge >= 0.3 is 5.97 Å². The lowest BCUT2D eigenvalue weighted by Crippen LogP contribution is -2.52. The van der Waals surface area contributed by atoms with Crippen molar-refractivity contribution in [3.05, 3.63) is 41.3 Å². The summed E-state index contributed by atoms with van der Waals surface area (Å²) in [5.41, 5.74) is 1.23. The van der Waals surface area contributed by atoms with Gasteiger partial charge in [0.25, 0.3) is 0 Å². The minimum absolute atomic E-state index is 0.00865. The molecule has 0 aromatic carbocycles. The van der Waals surface area contributed by atoms with Crippen LogP contribution in [-0.2, 0) is 14.3 Å². The molecule has 1 saturated heterocycles. The summed E-state index contributed by atoms with van der Waals surface area (Å²) in [6, 6.07) is 4.49. The van der Waals surface area contributed by atoms with Crippen LogP contribution in [0.3, 0.4) is 0 Å². The molecule has 0 aliphatic carbocycles. The Hall–Kier alpha value is -2.38. The number of rotatable bonds is 3. The fraction of sp³-hybridized carbons (Fsp3) is 0.267. The lowest BCUT2D eigenvalue weighted by molar-refractivity contribution is -0.156. The van der Waals surface area contributed by atoms with Crippen LogP contribution in [0.4, 0.5) is 0 Å². The number of aromatic nitrogens is 2. The number of halogens is 1. The quantitative estimate of drug-likeness (QED) is 0.855. The maximum absolute atomic E-state index is 12.3. The number of amides is 1. The van der Waals surface area contributed by atoms with Gasteiger partial charge in [0.1, 0.15) is 5.65 Å². The van der Waals surface area contributed by atoms with Gasteiger partial charge in [-0.3, -0.25) is 9.20 Å². The van der Waals surface area contributed by atoms with Crippen molar-refractivity contribution < 1.29 is 19.4 Å². The molecule has 1 aliphatic heterocycles. The minimum Gasteiger partial charge on any atom is -0.480 e. The van der Waals surface area contributed by atoms with Crippen molar-refractivity contribution in [2.24, 2.45) is 0 Å². The fourth-order valence-electron chi connectivity index (χ4n) is 2.45. The average molecular weight is 336 g/mol. The first-order chi connectivity index (χ1) is 11.1. The second kappa shape index (κ2) is 6.39. The third kappa shape index (κ3) is 3.06. The number of carboxylic acid groups (broad SMARTS) is 1. The van der Waals surface area contributed by atoms with Crippen molar-refractivity contribution >= 4 is 35.2 Å². The van der Waals surface area contributed by atoms with E-state index in [1.54, 1.807) is 22.7 Å². The lowest BCUT2D eigenvalue weighted by Gasteiger charge is -2.31. The van der Waals surface area contributed by atoms with Crippen molar-refractivity contribution in [3.8, 4) is 0 Å². The number of morpholine rings is 1. The Kier molecular flexibility index (Phi) is 4.31. The van der Waals surface area contributed by atoms with E-state index in [1.165, 1.54) is 11.0 Å².